The molecule has 0 saturated carbocycles. The van der Waals surface area contributed by atoms with Crippen molar-refractivity contribution in [1.29, 1.82) is 5.26 Å². The number of amides is 2. The second kappa shape index (κ2) is 8.87. The van der Waals surface area contributed by atoms with Crippen molar-refractivity contribution < 1.29 is 14.3 Å². The number of carbonyl (C=O) groups is 2. The van der Waals surface area contributed by atoms with Crippen LogP contribution in [0.4, 0.5) is 11.5 Å². The minimum Gasteiger partial charge on any atom is -0.467 e. The SMILES string of the molecule is C=CC(=O)N1CCN(c2nc(OC)nc3c2NC(=O)C2(CCCc4ccccc42)C3)C=C1CC#N. The summed E-state index contributed by atoms with van der Waals surface area (Å²) in [6.45, 7) is 4.33. The third-order valence-corrected chi connectivity index (χ3v) is 7.04. The Hall–Kier alpha value is -4.19. The first-order chi connectivity index (χ1) is 17.0. The Bertz CT molecular complexity index is 1300. The molecule has 1 unspecified atom stereocenters. The molecule has 1 spiro atoms. The molecule has 178 valence electrons. The van der Waals surface area contributed by atoms with E-state index in [0.717, 1.165) is 24.8 Å². The molecular weight excluding hydrogens is 444 g/mol. The Labute approximate surface area is 203 Å². The van der Waals surface area contributed by atoms with Gasteiger partial charge in [0.25, 0.3) is 0 Å². The smallest absolute Gasteiger partial charge is 0.318 e. The molecule has 2 aliphatic heterocycles. The van der Waals surface area contributed by atoms with Crippen molar-refractivity contribution in [2.45, 2.75) is 37.5 Å². The summed E-state index contributed by atoms with van der Waals surface area (Å²) in [5.41, 5.74) is 3.36. The van der Waals surface area contributed by atoms with Crippen LogP contribution in [0.3, 0.4) is 0 Å². The number of nitrogens with one attached hydrogen (secondary N) is 1. The van der Waals surface area contributed by atoms with Gasteiger partial charge in [-0.1, -0.05) is 30.8 Å². The van der Waals surface area contributed by atoms with E-state index in [1.54, 1.807) is 6.20 Å². The lowest BCUT2D eigenvalue weighted by Crippen LogP contribution is -2.48. The first-order valence-electron chi connectivity index (χ1n) is 11.6. The Balaban J connectivity index is 1.59. The van der Waals surface area contributed by atoms with Crippen LogP contribution in [0, 0.1) is 11.3 Å². The molecule has 0 fully saturated rings. The second-order valence-corrected chi connectivity index (χ2v) is 8.92. The summed E-state index contributed by atoms with van der Waals surface area (Å²) in [6, 6.07) is 10.4. The van der Waals surface area contributed by atoms with Crippen molar-refractivity contribution in [2.75, 3.05) is 30.4 Å². The number of aromatic nitrogens is 2. The summed E-state index contributed by atoms with van der Waals surface area (Å²) in [7, 11) is 1.51. The molecule has 5 rings (SSSR count). The van der Waals surface area contributed by atoms with E-state index in [2.05, 4.69) is 34.0 Å². The van der Waals surface area contributed by atoms with Crippen LogP contribution in [-0.2, 0) is 27.8 Å². The van der Waals surface area contributed by atoms with Gasteiger partial charge in [-0.2, -0.15) is 15.2 Å². The molecule has 9 heteroatoms. The fourth-order valence-corrected chi connectivity index (χ4v) is 5.38. The molecule has 3 aliphatic rings. The molecular formula is C26H26N6O3. The van der Waals surface area contributed by atoms with Gasteiger partial charge in [-0.25, -0.2) is 0 Å². The maximum Gasteiger partial charge on any atom is 0.318 e. The Morgan fingerprint density at radius 3 is 2.94 bits per heavy atom. The molecule has 3 heterocycles. The average molecular weight is 471 g/mol. The number of hydrogen-bond acceptors (Lipinski definition) is 7. The lowest BCUT2D eigenvalue weighted by Gasteiger charge is -2.42. The van der Waals surface area contributed by atoms with Gasteiger partial charge in [-0.05, 0) is 36.5 Å². The molecule has 35 heavy (non-hydrogen) atoms. The van der Waals surface area contributed by atoms with Gasteiger partial charge in [-0.15, -0.1) is 0 Å². The van der Waals surface area contributed by atoms with Gasteiger partial charge in [0.2, 0.25) is 11.8 Å². The summed E-state index contributed by atoms with van der Waals surface area (Å²) < 4.78 is 5.42. The minimum absolute atomic E-state index is 0.0484. The van der Waals surface area contributed by atoms with Gasteiger partial charge >= 0.3 is 6.01 Å². The fraction of sp³-hybridized carbons (Fsp3) is 0.346. The highest BCUT2D eigenvalue weighted by molar-refractivity contribution is 6.04. The first-order valence-corrected chi connectivity index (χ1v) is 11.6. The number of carbonyl (C=O) groups excluding carboxylic acids is 2. The van der Waals surface area contributed by atoms with Crippen LogP contribution in [-0.4, -0.2) is 46.9 Å². The summed E-state index contributed by atoms with van der Waals surface area (Å²) in [6.07, 6.45) is 6.07. The number of methoxy groups -OCH3 is 1. The summed E-state index contributed by atoms with van der Waals surface area (Å²) in [4.78, 5) is 38.5. The number of hydrogen-bond donors (Lipinski definition) is 1. The number of aryl methyl sites for hydroxylation is 1. The fourth-order valence-electron chi connectivity index (χ4n) is 5.38. The standard InChI is InChI=1S/C26H26N6O3/c1-3-21(33)32-14-13-31(16-18(32)10-12-27)23-22-20(28-25(30-23)35-2)15-26(24(34)29-22)11-6-8-17-7-4-5-9-19(17)26/h3-5,7,9,16H,1,6,8,10-11,13-15H2,2H3,(H,29,34). The number of anilines is 2. The van der Waals surface area contributed by atoms with Crippen molar-refractivity contribution in [2.24, 2.45) is 0 Å². The van der Waals surface area contributed by atoms with Crippen molar-refractivity contribution in [3.05, 3.63) is 65.6 Å². The minimum atomic E-state index is -0.685. The van der Waals surface area contributed by atoms with Crippen molar-refractivity contribution in [3.63, 3.8) is 0 Å². The first kappa shape index (κ1) is 22.6. The predicted molar refractivity (Wildman–Crippen MR) is 130 cm³/mol. The molecule has 1 N–H and O–H groups in total. The van der Waals surface area contributed by atoms with Gasteiger partial charge in [0.1, 0.15) is 5.69 Å². The number of fused-ring (bicyclic) bond motifs is 3. The number of nitrogens with zero attached hydrogens (tertiary/aromatic N) is 5. The number of allylic oxidation sites excluding steroid dienone is 1. The summed E-state index contributed by atoms with van der Waals surface area (Å²) in [5.74, 6) is 0.161. The number of ether oxygens (including phenoxy) is 1. The summed E-state index contributed by atoms with van der Waals surface area (Å²) in [5, 5.41) is 12.4. The lowest BCUT2D eigenvalue weighted by molar-refractivity contribution is -0.124. The monoisotopic (exact) mass is 470 g/mol. The molecule has 1 aromatic carbocycles. The van der Waals surface area contributed by atoms with E-state index >= 15 is 0 Å². The van der Waals surface area contributed by atoms with Crippen LogP contribution in [0.25, 0.3) is 0 Å². The molecule has 1 aliphatic carbocycles. The van der Waals surface area contributed by atoms with Crippen LogP contribution >= 0.6 is 0 Å². The van der Waals surface area contributed by atoms with E-state index in [9.17, 15) is 14.9 Å². The Morgan fingerprint density at radius 2 is 2.17 bits per heavy atom. The third-order valence-electron chi connectivity index (χ3n) is 7.04. The normalized spacial score (nSPS) is 20.8. The largest absolute Gasteiger partial charge is 0.467 e. The lowest BCUT2D eigenvalue weighted by atomic mass is 9.65. The molecule has 2 aromatic rings. The van der Waals surface area contributed by atoms with E-state index in [1.165, 1.54) is 23.6 Å². The second-order valence-electron chi connectivity index (χ2n) is 8.92. The van der Waals surface area contributed by atoms with E-state index in [4.69, 9.17) is 4.74 Å². The van der Waals surface area contributed by atoms with Gasteiger partial charge < -0.3 is 19.9 Å². The zero-order chi connectivity index (χ0) is 24.6. The summed E-state index contributed by atoms with van der Waals surface area (Å²) >= 11 is 0. The van der Waals surface area contributed by atoms with Gasteiger partial charge in [0.15, 0.2) is 5.82 Å². The van der Waals surface area contributed by atoms with Gasteiger partial charge in [-0.3, -0.25) is 9.59 Å². The predicted octanol–water partition coefficient (Wildman–Crippen LogP) is 2.84. The number of rotatable bonds is 4. The topological polar surface area (TPSA) is 111 Å². The molecule has 0 bridgehead atoms. The van der Waals surface area contributed by atoms with Crippen LogP contribution < -0.4 is 15.0 Å². The number of nitriles is 1. The van der Waals surface area contributed by atoms with E-state index in [-0.39, 0.29) is 24.2 Å². The van der Waals surface area contributed by atoms with Crippen LogP contribution in [0.15, 0.2) is 48.8 Å². The Kier molecular flexibility index (Phi) is 5.73. The highest BCUT2D eigenvalue weighted by Crippen LogP contribution is 2.46. The van der Waals surface area contributed by atoms with Crippen molar-refractivity contribution >= 4 is 23.3 Å². The van der Waals surface area contributed by atoms with E-state index in [1.807, 2.05) is 23.1 Å². The van der Waals surface area contributed by atoms with Crippen molar-refractivity contribution in [3.8, 4) is 12.1 Å². The zero-order valence-electron chi connectivity index (χ0n) is 19.6. The van der Waals surface area contributed by atoms with Crippen LogP contribution in [0.1, 0.15) is 36.1 Å². The zero-order valence-corrected chi connectivity index (χ0v) is 19.6. The highest BCUT2D eigenvalue weighted by Gasteiger charge is 2.48. The average Bonchev–Trinajstić information content (AvgIpc) is 2.89. The van der Waals surface area contributed by atoms with Crippen LogP contribution in [0.5, 0.6) is 6.01 Å². The molecule has 0 radical (unpaired) electrons. The third kappa shape index (κ3) is 3.71. The number of benzene rings is 1. The Morgan fingerprint density at radius 1 is 1.34 bits per heavy atom. The van der Waals surface area contributed by atoms with Gasteiger partial charge in [0.05, 0.1) is 36.4 Å². The van der Waals surface area contributed by atoms with Crippen LogP contribution in [0.2, 0.25) is 0 Å². The maximum atomic E-state index is 13.7. The van der Waals surface area contributed by atoms with Gasteiger partial charge in [0, 0.05) is 25.7 Å². The van der Waals surface area contributed by atoms with E-state index in [0.29, 0.717) is 42.4 Å². The molecule has 1 aromatic heterocycles. The highest BCUT2D eigenvalue weighted by atomic mass is 16.5. The maximum absolute atomic E-state index is 13.7. The molecule has 0 saturated heterocycles. The molecule has 2 amide bonds. The molecule has 9 nitrogen and oxygen atoms in total. The quantitative estimate of drug-likeness (QED) is 0.684. The molecule has 1 atom stereocenters. The van der Waals surface area contributed by atoms with E-state index < -0.39 is 5.41 Å². The van der Waals surface area contributed by atoms with Crippen molar-refractivity contribution in [1.82, 2.24) is 14.9 Å².